The minimum Gasteiger partial charge on any atom is -0.354 e. The van der Waals surface area contributed by atoms with Crippen LogP contribution in [0.3, 0.4) is 0 Å². The molecule has 0 radical (unpaired) electrons. The van der Waals surface area contributed by atoms with Crippen molar-refractivity contribution in [2.24, 2.45) is 0 Å². The summed E-state index contributed by atoms with van der Waals surface area (Å²) in [7, 11) is 0. The lowest BCUT2D eigenvalue weighted by Crippen LogP contribution is -2.49. The number of nitrogens with zero attached hydrogens (tertiary/aromatic N) is 1. The summed E-state index contributed by atoms with van der Waals surface area (Å²) in [6.45, 7) is 8.81. The van der Waals surface area contributed by atoms with E-state index in [9.17, 15) is 9.59 Å². The molecule has 1 atom stereocenters. The predicted octanol–water partition coefficient (Wildman–Crippen LogP) is 5.49. The van der Waals surface area contributed by atoms with Gasteiger partial charge in [-0.25, -0.2) is 0 Å². The molecule has 1 unspecified atom stereocenters. The van der Waals surface area contributed by atoms with Crippen LogP contribution >= 0.6 is 23.2 Å². The number of amides is 2. The van der Waals surface area contributed by atoms with Crippen LogP contribution in [0.1, 0.15) is 48.9 Å². The highest BCUT2D eigenvalue weighted by atomic mass is 35.5. The van der Waals surface area contributed by atoms with Gasteiger partial charge in [0.15, 0.2) is 0 Å². The third-order valence-corrected chi connectivity index (χ3v) is 5.80. The van der Waals surface area contributed by atoms with Gasteiger partial charge in [0.25, 0.3) is 0 Å². The van der Waals surface area contributed by atoms with Crippen molar-refractivity contribution < 1.29 is 9.59 Å². The van der Waals surface area contributed by atoms with Gasteiger partial charge in [0, 0.05) is 23.1 Å². The Balaban J connectivity index is 2.33. The summed E-state index contributed by atoms with van der Waals surface area (Å²) in [6.07, 6.45) is 1.57. The van der Waals surface area contributed by atoms with Crippen molar-refractivity contribution in [2.45, 2.75) is 59.5 Å². The third kappa shape index (κ3) is 6.48. The zero-order valence-corrected chi connectivity index (χ0v) is 19.6. The first-order chi connectivity index (χ1) is 14.3. The summed E-state index contributed by atoms with van der Waals surface area (Å²) in [5, 5.41) is 3.94. The predicted molar refractivity (Wildman–Crippen MR) is 124 cm³/mol. The number of carbonyl (C=O) groups excluding carboxylic acids is 2. The molecule has 0 bridgehead atoms. The number of hydrogen-bond donors (Lipinski definition) is 1. The maximum atomic E-state index is 13.3. The fourth-order valence-electron chi connectivity index (χ4n) is 3.31. The van der Waals surface area contributed by atoms with Crippen molar-refractivity contribution >= 4 is 35.0 Å². The van der Waals surface area contributed by atoms with E-state index in [1.54, 1.807) is 23.1 Å². The van der Waals surface area contributed by atoms with Gasteiger partial charge in [-0.1, -0.05) is 61.3 Å². The normalized spacial score (nSPS) is 11.8. The highest BCUT2D eigenvalue weighted by molar-refractivity contribution is 6.35. The molecular weight excluding hydrogens is 419 g/mol. The quantitative estimate of drug-likeness (QED) is 0.551. The van der Waals surface area contributed by atoms with Gasteiger partial charge in [-0.3, -0.25) is 9.59 Å². The maximum absolute atomic E-state index is 13.3. The molecule has 0 fully saturated rings. The molecule has 0 saturated heterocycles. The number of nitrogens with one attached hydrogen (secondary N) is 1. The van der Waals surface area contributed by atoms with Crippen LogP contribution in [0.2, 0.25) is 10.0 Å². The number of carbonyl (C=O) groups is 2. The molecule has 0 spiro atoms. The fraction of sp³-hybridized carbons (Fsp3) is 0.417. The van der Waals surface area contributed by atoms with Gasteiger partial charge in [-0.15, -0.1) is 0 Å². The van der Waals surface area contributed by atoms with Crippen molar-refractivity contribution in [3.63, 3.8) is 0 Å². The highest BCUT2D eigenvalue weighted by Gasteiger charge is 2.29. The second-order valence-corrected chi connectivity index (χ2v) is 8.41. The number of rotatable bonds is 9. The van der Waals surface area contributed by atoms with Crippen LogP contribution in [0.15, 0.2) is 36.4 Å². The van der Waals surface area contributed by atoms with Crippen LogP contribution in [0, 0.1) is 13.8 Å². The van der Waals surface area contributed by atoms with E-state index in [4.69, 9.17) is 23.2 Å². The van der Waals surface area contributed by atoms with Gasteiger partial charge in [-0.05, 0) is 61.1 Å². The Morgan fingerprint density at radius 1 is 1.03 bits per heavy atom. The fourth-order valence-corrected chi connectivity index (χ4v) is 3.78. The van der Waals surface area contributed by atoms with Crippen molar-refractivity contribution in [3.8, 4) is 0 Å². The van der Waals surface area contributed by atoms with E-state index >= 15 is 0 Å². The molecule has 0 heterocycles. The lowest BCUT2D eigenvalue weighted by Gasteiger charge is -2.31. The Bertz CT molecular complexity index is 899. The van der Waals surface area contributed by atoms with Gasteiger partial charge in [-0.2, -0.15) is 0 Å². The van der Waals surface area contributed by atoms with E-state index in [1.165, 1.54) is 5.56 Å². The van der Waals surface area contributed by atoms with Gasteiger partial charge in [0.05, 0.1) is 6.42 Å². The number of halogens is 2. The molecule has 4 nitrogen and oxygen atoms in total. The smallest absolute Gasteiger partial charge is 0.242 e. The van der Waals surface area contributed by atoms with E-state index < -0.39 is 6.04 Å². The van der Waals surface area contributed by atoms with E-state index in [2.05, 4.69) is 5.32 Å². The van der Waals surface area contributed by atoms with E-state index in [-0.39, 0.29) is 24.8 Å². The van der Waals surface area contributed by atoms with Crippen LogP contribution in [-0.4, -0.2) is 29.3 Å². The lowest BCUT2D eigenvalue weighted by atomic mass is 10.0. The minimum absolute atomic E-state index is 0.109. The monoisotopic (exact) mass is 448 g/mol. The SMILES string of the molecule is CCCNC(=O)C(CC)N(Cc1ccc(Cl)cc1Cl)C(=O)Cc1ccc(C)c(C)c1. The molecule has 0 aromatic heterocycles. The lowest BCUT2D eigenvalue weighted by molar-refractivity contribution is -0.140. The molecule has 0 aliphatic heterocycles. The Morgan fingerprint density at radius 3 is 2.37 bits per heavy atom. The zero-order valence-electron chi connectivity index (χ0n) is 18.1. The first-order valence-corrected chi connectivity index (χ1v) is 11.1. The summed E-state index contributed by atoms with van der Waals surface area (Å²) in [5.74, 6) is -0.249. The van der Waals surface area contributed by atoms with Gasteiger partial charge < -0.3 is 10.2 Å². The van der Waals surface area contributed by atoms with E-state index in [1.807, 2.05) is 45.9 Å². The summed E-state index contributed by atoms with van der Waals surface area (Å²) >= 11 is 12.4. The molecule has 0 saturated carbocycles. The Kier molecular flexibility index (Phi) is 9.19. The molecule has 6 heteroatoms. The number of aryl methyl sites for hydroxylation is 2. The summed E-state index contributed by atoms with van der Waals surface area (Å²) in [5.41, 5.74) is 4.01. The molecule has 0 aliphatic rings. The molecule has 30 heavy (non-hydrogen) atoms. The summed E-state index contributed by atoms with van der Waals surface area (Å²) in [4.78, 5) is 27.8. The van der Waals surface area contributed by atoms with Crippen LogP contribution in [-0.2, 0) is 22.6 Å². The first-order valence-electron chi connectivity index (χ1n) is 10.3. The van der Waals surface area contributed by atoms with Crippen molar-refractivity contribution in [3.05, 3.63) is 68.7 Å². The molecule has 2 rings (SSSR count). The minimum atomic E-state index is -0.567. The second kappa shape index (κ2) is 11.4. The molecule has 162 valence electrons. The van der Waals surface area contributed by atoms with E-state index in [0.29, 0.717) is 23.0 Å². The molecule has 2 amide bonds. The maximum Gasteiger partial charge on any atom is 0.242 e. The Labute approximate surface area is 189 Å². The van der Waals surface area contributed by atoms with Gasteiger partial charge in [0.1, 0.15) is 6.04 Å². The number of hydrogen-bond acceptors (Lipinski definition) is 2. The molecule has 2 aromatic rings. The van der Waals surface area contributed by atoms with Crippen molar-refractivity contribution in [1.29, 1.82) is 0 Å². The summed E-state index contributed by atoms with van der Waals surface area (Å²) < 4.78 is 0. The largest absolute Gasteiger partial charge is 0.354 e. The van der Waals surface area contributed by atoms with Crippen LogP contribution < -0.4 is 5.32 Å². The third-order valence-electron chi connectivity index (χ3n) is 5.22. The molecular formula is C24H30Cl2N2O2. The van der Waals surface area contributed by atoms with Crippen LogP contribution in [0.4, 0.5) is 0 Å². The molecule has 2 aromatic carbocycles. The first kappa shape index (κ1) is 24.2. The Morgan fingerprint density at radius 2 is 1.77 bits per heavy atom. The topological polar surface area (TPSA) is 49.4 Å². The number of benzene rings is 2. The second-order valence-electron chi connectivity index (χ2n) is 7.57. The summed E-state index contributed by atoms with van der Waals surface area (Å²) in [6, 6.07) is 10.6. The van der Waals surface area contributed by atoms with Crippen molar-refractivity contribution in [1.82, 2.24) is 10.2 Å². The van der Waals surface area contributed by atoms with Gasteiger partial charge >= 0.3 is 0 Å². The van der Waals surface area contributed by atoms with Crippen LogP contribution in [0.25, 0.3) is 0 Å². The zero-order chi connectivity index (χ0) is 22.3. The Hall–Kier alpha value is -2.04. The average molecular weight is 449 g/mol. The van der Waals surface area contributed by atoms with Gasteiger partial charge in [0.2, 0.25) is 11.8 Å². The van der Waals surface area contributed by atoms with Crippen LogP contribution in [0.5, 0.6) is 0 Å². The van der Waals surface area contributed by atoms with Crippen molar-refractivity contribution in [2.75, 3.05) is 6.54 Å². The van der Waals surface area contributed by atoms with E-state index in [0.717, 1.165) is 23.1 Å². The molecule has 0 aliphatic carbocycles. The standard InChI is InChI=1S/C24H30Cl2N2O2/c1-5-11-27-24(30)22(6-2)28(15-19-9-10-20(25)14-21(19)26)23(29)13-18-8-7-16(3)17(4)12-18/h7-10,12,14,22H,5-6,11,13,15H2,1-4H3,(H,27,30). The molecule has 1 N–H and O–H groups in total. The highest BCUT2D eigenvalue weighted by Crippen LogP contribution is 2.24. The average Bonchev–Trinajstić information content (AvgIpc) is 2.70.